The number of nitrogens with zero attached hydrogens (tertiary/aromatic N) is 2. The van der Waals surface area contributed by atoms with E-state index in [1.54, 1.807) is 31.1 Å². The van der Waals surface area contributed by atoms with E-state index in [4.69, 9.17) is 0 Å². The van der Waals surface area contributed by atoms with Crippen LogP contribution < -0.4 is 10.6 Å². The molecule has 0 radical (unpaired) electrons. The van der Waals surface area contributed by atoms with E-state index < -0.39 is 6.04 Å². The van der Waals surface area contributed by atoms with Crippen molar-refractivity contribution in [3.8, 4) is 11.3 Å². The first-order valence-corrected chi connectivity index (χ1v) is 9.86. The summed E-state index contributed by atoms with van der Waals surface area (Å²) in [5, 5.41) is 7.94. The van der Waals surface area contributed by atoms with Crippen LogP contribution in [0.5, 0.6) is 0 Å². The van der Waals surface area contributed by atoms with Crippen molar-refractivity contribution in [3.63, 3.8) is 0 Å². The number of pyridine rings is 1. The molecule has 1 atom stereocenters. The first-order valence-electron chi connectivity index (χ1n) is 7.59. The highest BCUT2D eigenvalue weighted by molar-refractivity contribution is 7.98. The molecule has 0 aliphatic carbocycles. The molecule has 2 aromatic heterocycles. The molecule has 0 spiro atoms. The van der Waals surface area contributed by atoms with Gasteiger partial charge in [-0.05, 0) is 30.6 Å². The van der Waals surface area contributed by atoms with Crippen molar-refractivity contribution in [2.45, 2.75) is 25.8 Å². The van der Waals surface area contributed by atoms with Crippen molar-refractivity contribution in [1.29, 1.82) is 0 Å². The van der Waals surface area contributed by atoms with Crippen LogP contribution in [-0.4, -0.2) is 39.8 Å². The molecule has 0 bridgehead atoms. The van der Waals surface area contributed by atoms with Crippen LogP contribution in [-0.2, 0) is 9.59 Å². The SMILES string of the molecule is CCC(=O)NC(CCSC)C(=O)Nc1nc(-c2cccnc2)cs1. The molecule has 2 aromatic rings. The average Bonchev–Trinajstić information content (AvgIpc) is 3.07. The Morgan fingerprint density at radius 1 is 1.42 bits per heavy atom. The molecular weight excluding hydrogens is 344 g/mol. The van der Waals surface area contributed by atoms with Crippen molar-refractivity contribution in [2.75, 3.05) is 17.3 Å². The van der Waals surface area contributed by atoms with Gasteiger partial charge in [0.2, 0.25) is 11.8 Å². The Hall–Kier alpha value is -1.93. The van der Waals surface area contributed by atoms with E-state index >= 15 is 0 Å². The Labute approximate surface area is 149 Å². The van der Waals surface area contributed by atoms with Gasteiger partial charge in [-0.15, -0.1) is 11.3 Å². The molecular formula is C16H20N4O2S2. The minimum Gasteiger partial charge on any atom is -0.344 e. The van der Waals surface area contributed by atoms with Gasteiger partial charge in [0.1, 0.15) is 6.04 Å². The average molecular weight is 364 g/mol. The topological polar surface area (TPSA) is 84.0 Å². The summed E-state index contributed by atoms with van der Waals surface area (Å²) in [6.45, 7) is 1.76. The quantitative estimate of drug-likeness (QED) is 0.752. The minimum atomic E-state index is -0.546. The molecule has 2 rings (SSSR count). The van der Waals surface area contributed by atoms with Gasteiger partial charge in [-0.1, -0.05) is 6.92 Å². The van der Waals surface area contributed by atoms with Crippen LogP contribution in [0, 0.1) is 0 Å². The third-order valence-electron chi connectivity index (χ3n) is 3.28. The maximum atomic E-state index is 12.4. The number of anilines is 1. The number of carbonyl (C=O) groups is 2. The Kier molecular flexibility index (Phi) is 7.20. The number of thiazole rings is 1. The zero-order valence-electron chi connectivity index (χ0n) is 13.6. The van der Waals surface area contributed by atoms with Gasteiger partial charge in [0.15, 0.2) is 5.13 Å². The number of nitrogens with one attached hydrogen (secondary N) is 2. The number of hydrogen-bond acceptors (Lipinski definition) is 6. The summed E-state index contributed by atoms with van der Waals surface area (Å²) in [6, 6.07) is 3.21. The molecule has 2 heterocycles. The van der Waals surface area contributed by atoms with Crippen LogP contribution in [0.4, 0.5) is 5.13 Å². The summed E-state index contributed by atoms with van der Waals surface area (Å²) in [6.07, 6.45) is 6.33. The summed E-state index contributed by atoms with van der Waals surface area (Å²) in [7, 11) is 0. The molecule has 0 aromatic carbocycles. The molecule has 128 valence electrons. The van der Waals surface area contributed by atoms with Crippen molar-refractivity contribution >= 4 is 40.0 Å². The normalized spacial score (nSPS) is 11.8. The van der Waals surface area contributed by atoms with Gasteiger partial charge in [0.25, 0.3) is 0 Å². The lowest BCUT2D eigenvalue weighted by atomic mass is 10.2. The van der Waals surface area contributed by atoms with Crippen LogP contribution in [0.15, 0.2) is 29.9 Å². The zero-order valence-corrected chi connectivity index (χ0v) is 15.2. The van der Waals surface area contributed by atoms with E-state index in [1.807, 2.05) is 23.8 Å². The molecule has 2 N–H and O–H groups in total. The number of rotatable bonds is 8. The summed E-state index contributed by atoms with van der Waals surface area (Å²) in [5.74, 6) is 0.422. The second-order valence-corrected chi connectivity index (χ2v) is 6.87. The smallest absolute Gasteiger partial charge is 0.248 e. The minimum absolute atomic E-state index is 0.133. The molecule has 0 saturated heterocycles. The van der Waals surface area contributed by atoms with Crippen LogP contribution in [0.2, 0.25) is 0 Å². The second kappa shape index (κ2) is 9.39. The van der Waals surface area contributed by atoms with E-state index in [-0.39, 0.29) is 11.8 Å². The molecule has 24 heavy (non-hydrogen) atoms. The molecule has 6 nitrogen and oxygen atoms in total. The Morgan fingerprint density at radius 2 is 2.25 bits per heavy atom. The van der Waals surface area contributed by atoms with Crippen LogP contribution in [0.1, 0.15) is 19.8 Å². The highest BCUT2D eigenvalue weighted by Crippen LogP contribution is 2.24. The third kappa shape index (κ3) is 5.31. The van der Waals surface area contributed by atoms with Gasteiger partial charge < -0.3 is 10.6 Å². The number of aromatic nitrogens is 2. The Morgan fingerprint density at radius 3 is 2.92 bits per heavy atom. The lowest BCUT2D eigenvalue weighted by Crippen LogP contribution is -2.43. The highest BCUT2D eigenvalue weighted by Gasteiger charge is 2.21. The summed E-state index contributed by atoms with van der Waals surface area (Å²) in [4.78, 5) is 32.5. The van der Waals surface area contributed by atoms with Crippen molar-refractivity contribution < 1.29 is 9.59 Å². The monoisotopic (exact) mass is 364 g/mol. The van der Waals surface area contributed by atoms with Gasteiger partial charge in [0, 0.05) is 29.8 Å². The maximum absolute atomic E-state index is 12.4. The van der Waals surface area contributed by atoms with E-state index in [9.17, 15) is 9.59 Å². The number of amides is 2. The zero-order chi connectivity index (χ0) is 17.4. The van der Waals surface area contributed by atoms with E-state index in [2.05, 4.69) is 20.6 Å². The molecule has 2 amide bonds. The molecule has 8 heteroatoms. The van der Waals surface area contributed by atoms with Gasteiger partial charge in [-0.2, -0.15) is 11.8 Å². The fourth-order valence-corrected chi connectivity index (χ4v) is 3.17. The first kappa shape index (κ1) is 18.4. The molecule has 0 saturated carbocycles. The van der Waals surface area contributed by atoms with E-state index in [0.29, 0.717) is 18.0 Å². The van der Waals surface area contributed by atoms with Crippen LogP contribution in [0.3, 0.4) is 0 Å². The predicted octanol–water partition coefficient (Wildman–Crippen LogP) is 2.79. The molecule has 0 aliphatic heterocycles. The lowest BCUT2D eigenvalue weighted by molar-refractivity contribution is -0.126. The summed E-state index contributed by atoms with van der Waals surface area (Å²) in [5.41, 5.74) is 1.66. The largest absolute Gasteiger partial charge is 0.344 e. The summed E-state index contributed by atoms with van der Waals surface area (Å²) < 4.78 is 0. The fourth-order valence-electron chi connectivity index (χ4n) is 1.97. The van der Waals surface area contributed by atoms with Crippen molar-refractivity contribution in [3.05, 3.63) is 29.9 Å². The van der Waals surface area contributed by atoms with Gasteiger partial charge in [-0.3, -0.25) is 14.6 Å². The molecule has 0 aliphatic rings. The molecule has 0 fully saturated rings. The van der Waals surface area contributed by atoms with E-state index in [1.165, 1.54) is 11.3 Å². The van der Waals surface area contributed by atoms with Crippen molar-refractivity contribution in [1.82, 2.24) is 15.3 Å². The molecule has 1 unspecified atom stereocenters. The van der Waals surface area contributed by atoms with Gasteiger partial charge in [-0.25, -0.2) is 4.98 Å². The predicted molar refractivity (Wildman–Crippen MR) is 99.2 cm³/mol. The Bertz CT molecular complexity index is 676. The Balaban J connectivity index is 2.03. The fraction of sp³-hybridized carbons (Fsp3) is 0.375. The third-order valence-corrected chi connectivity index (χ3v) is 4.68. The van der Waals surface area contributed by atoms with Crippen LogP contribution >= 0.6 is 23.1 Å². The number of thioether (sulfide) groups is 1. The summed E-state index contributed by atoms with van der Waals surface area (Å²) >= 11 is 2.99. The van der Waals surface area contributed by atoms with Crippen LogP contribution in [0.25, 0.3) is 11.3 Å². The lowest BCUT2D eigenvalue weighted by Gasteiger charge is -2.16. The highest BCUT2D eigenvalue weighted by atomic mass is 32.2. The van der Waals surface area contributed by atoms with E-state index in [0.717, 1.165) is 17.0 Å². The maximum Gasteiger partial charge on any atom is 0.248 e. The number of hydrogen-bond donors (Lipinski definition) is 2. The first-order chi connectivity index (χ1) is 11.6. The van der Waals surface area contributed by atoms with Crippen molar-refractivity contribution in [2.24, 2.45) is 0 Å². The standard InChI is InChI=1S/C16H20N4O2S2/c1-3-14(21)18-12(6-8-23-2)15(22)20-16-19-13(10-24-16)11-5-4-7-17-9-11/h4-5,7,9-10,12H,3,6,8H2,1-2H3,(H,18,21)(H,19,20,22). The number of carbonyl (C=O) groups excluding carboxylic acids is 2. The van der Waals surface area contributed by atoms with Gasteiger partial charge >= 0.3 is 0 Å². The second-order valence-electron chi connectivity index (χ2n) is 5.02. The van der Waals surface area contributed by atoms with Gasteiger partial charge in [0.05, 0.1) is 5.69 Å².